The number of ether oxygens (including phenoxy) is 1. The van der Waals surface area contributed by atoms with Gasteiger partial charge in [-0.1, -0.05) is 36.4 Å². The van der Waals surface area contributed by atoms with Gasteiger partial charge in [-0.2, -0.15) is 5.10 Å². The van der Waals surface area contributed by atoms with Crippen molar-refractivity contribution in [2.45, 2.75) is 38.8 Å². The Morgan fingerprint density at radius 3 is 2.73 bits per heavy atom. The number of aromatic nitrogens is 2. The second kappa shape index (κ2) is 9.26. The fraction of sp³-hybridized carbons (Fsp3) is 0.348. The minimum Gasteiger partial charge on any atom is -0.452 e. The van der Waals surface area contributed by atoms with Gasteiger partial charge in [-0.25, -0.2) is 4.79 Å². The van der Waals surface area contributed by atoms with Gasteiger partial charge in [-0.3, -0.25) is 9.48 Å². The van der Waals surface area contributed by atoms with Crippen molar-refractivity contribution in [2.75, 3.05) is 13.2 Å². The van der Waals surface area contributed by atoms with Crippen LogP contribution in [0.25, 0.3) is 10.6 Å². The molecule has 7 heteroatoms. The molecule has 4 rings (SSSR count). The van der Waals surface area contributed by atoms with Crippen LogP contribution in [0.5, 0.6) is 0 Å². The van der Waals surface area contributed by atoms with Crippen LogP contribution in [0.2, 0.25) is 0 Å². The van der Waals surface area contributed by atoms with E-state index in [0.29, 0.717) is 17.8 Å². The Morgan fingerprint density at radius 2 is 2.00 bits per heavy atom. The fourth-order valence-corrected chi connectivity index (χ4v) is 4.50. The molecule has 0 N–H and O–H groups in total. The number of hydrogen-bond donors (Lipinski definition) is 0. The van der Waals surface area contributed by atoms with Crippen LogP contribution in [0.1, 0.15) is 42.1 Å². The van der Waals surface area contributed by atoms with Crippen molar-refractivity contribution in [2.24, 2.45) is 0 Å². The van der Waals surface area contributed by atoms with Gasteiger partial charge in [0.15, 0.2) is 6.61 Å². The molecule has 1 aliphatic heterocycles. The quantitative estimate of drug-likeness (QED) is 0.557. The van der Waals surface area contributed by atoms with E-state index >= 15 is 0 Å². The molecule has 3 aromatic rings. The first kappa shape index (κ1) is 20.3. The van der Waals surface area contributed by atoms with Crippen molar-refractivity contribution in [1.82, 2.24) is 14.7 Å². The van der Waals surface area contributed by atoms with E-state index in [2.05, 4.69) is 5.10 Å². The van der Waals surface area contributed by atoms with Gasteiger partial charge in [-0.05, 0) is 43.2 Å². The molecule has 6 nitrogen and oxygen atoms in total. The number of amides is 1. The summed E-state index contributed by atoms with van der Waals surface area (Å²) < 4.78 is 7.16. The monoisotopic (exact) mass is 423 g/mol. The number of hydrogen-bond acceptors (Lipinski definition) is 5. The molecule has 3 heterocycles. The number of esters is 1. The number of rotatable bonds is 6. The van der Waals surface area contributed by atoms with Crippen LogP contribution in [-0.2, 0) is 16.1 Å². The second-order valence-electron chi connectivity index (χ2n) is 7.56. The molecule has 30 heavy (non-hydrogen) atoms. The number of thiophene rings is 1. The summed E-state index contributed by atoms with van der Waals surface area (Å²) in [6.07, 6.45) is 4.83. The molecule has 0 unspecified atom stereocenters. The summed E-state index contributed by atoms with van der Waals surface area (Å²) in [5.41, 5.74) is 2.06. The van der Waals surface area contributed by atoms with Gasteiger partial charge in [0.2, 0.25) is 0 Å². The lowest BCUT2D eigenvalue weighted by molar-refractivity contribution is -0.137. The van der Waals surface area contributed by atoms with Gasteiger partial charge < -0.3 is 9.64 Å². The fourth-order valence-electron chi connectivity index (χ4n) is 3.77. The summed E-state index contributed by atoms with van der Waals surface area (Å²) in [7, 11) is 0. The van der Waals surface area contributed by atoms with E-state index in [1.165, 1.54) is 11.3 Å². The van der Waals surface area contributed by atoms with Gasteiger partial charge >= 0.3 is 5.97 Å². The van der Waals surface area contributed by atoms with Crippen molar-refractivity contribution >= 4 is 23.2 Å². The highest BCUT2D eigenvalue weighted by Crippen LogP contribution is 2.27. The smallest absolute Gasteiger partial charge is 0.342 e. The van der Waals surface area contributed by atoms with Crippen molar-refractivity contribution in [3.05, 3.63) is 65.2 Å². The number of likely N-dealkylation sites (tertiary alicyclic amines) is 1. The second-order valence-corrected chi connectivity index (χ2v) is 8.51. The number of nitrogens with zero attached hydrogens (tertiary/aromatic N) is 3. The first-order valence-electron chi connectivity index (χ1n) is 10.2. The Labute approximate surface area is 180 Å². The van der Waals surface area contributed by atoms with Gasteiger partial charge in [0.25, 0.3) is 5.91 Å². The SMILES string of the molecule is C[C@H]1CCCCN1C(=O)COC(=O)c1cn(Cc2ccccc2)nc1-c1cccs1. The Kier molecular flexibility index (Phi) is 6.28. The van der Waals surface area contributed by atoms with Crippen LogP contribution in [0.3, 0.4) is 0 Å². The van der Waals surface area contributed by atoms with Crippen LogP contribution in [-0.4, -0.2) is 45.8 Å². The molecular weight excluding hydrogens is 398 g/mol. The predicted octanol–water partition coefficient (Wildman–Crippen LogP) is 4.22. The molecule has 0 aliphatic carbocycles. The Bertz CT molecular complexity index is 998. The molecule has 156 valence electrons. The van der Waals surface area contributed by atoms with Crippen molar-refractivity contribution < 1.29 is 14.3 Å². The standard InChI is InChI=1S/C23H25N3O3S/c1-17-8-5-6-12-26(17)21(27)16-29-23(28)19-15-25(14-18-9-3-2-4-10-18)24-22(19)20-11-7-13-30-20/h2-4,7,9-11,13,15,17H,5-6,8,12,14,16H2,1H3/t17-/m0/s1. The van der Waals surface area contributed by atoms with E-state index in [1.54, 1.807) is 10.9 Å². The molecule has 1 aliphatic rings. The zero-order valence-corrected chi connectivity index (χ0v) is 17.8. The minimum absolute atomic E-state index is 0.134. The van der Waals surface area contributed by atoms with Crippen molar-refractivity contribution in [1.29, 1.82) is 0 Å². The number of carbonyl (C=O) groups excluding carboxylic acids is 2. The maximum Gasteiger partial charge on any atom is 0.342 e. The van der Waals surface area contributed by atoms with Crippen molar-refractivity contribution in [3.63, 3.8) is 0 Å². The van der Waals surface area contributed by atoms with Crippen molar-refractivity contribution in [3.8, 4) is 10.6 Å². The summed E-state index contributed by atoms with van der Waals surface area (Å²) in [5.74, 6) is -0.652. The molecule has 1 saturated heterocycles. The third kappa shape index (κ3) is 4.62. The molecule has 1 aromatic carbocycles. The van der Waals surface area contributed by atoms with Gasteiger partial charge in [0.1, 0.15) is 11.3 Å². The normalized spacial score (nSPS) is 16.4. The number of benzene rings is 1. The van der Waals surface area contributed by atoms with Crippen LogP contribution >= 0.6 is 11.3 Å². The molecule has 1 fully saturated rings. The van der Waals surface area contributed by atoms with Crippen LogP contribution in [0, 0.1) is 0 Å². The zero-order chi connectivity index (χ0) is 20.9. The molecule has 0 spiro atoms. The Hall–Kier alpha value is -2.93. The lowest BCUT2D eigenvalue weighted by Crippen LogP contribution is -2.44. The molecule has 0 radical (unpaired) electrons. The molecule has 0 bridgehead atoms. The number of carbonyl (C=O) groups is 2. The van der Waals surface area contributed by atoms with E-state index < -0.39 is 5.97 Å². The average Bonchev–Trinajstić information content (AvgIpc) is 3.43. The summed E-state index contributed by atoms with van der Waals surface area (Å²) in [5, 5.41) is 6.58. The maximum atomic E-state index is 12.9. The summed E-state index contributed by atoms with van der Waals surface area (Å²) in [4.78, 5) is 28.1. The predicted molar refractivity (Wildman–Crippen MR) is 116 cm³/mol. The van der Waals surface area contributed by atoms with Gasteiger partial charge in [-0.15, -0.1) is 11.3 Å². The number of piperidine rings is 1. The first-order valence-corrected chi connectivity index (χ1v) is 11.1. The van der Waals surface area contributed by atoms with Crippen LogP contribution < -0.4 is 0 Å². The zero-order valence-electron chi connectivity index (χ0n) is 17.0. The largest absolute Gasteiger partial charge is 0.452 e. The topological polar surface area (TPSA) is 64.4 Å². The lowest BCUT2D eigenvalue weighted by Gasteiger charge is -2.33. The summed E-state index contributed by atoms with van der Waals surface area (Å²) in [6, 6.07) is 14.0. The van der Waals surface area contributed by atoms with Gasteiger partial charge in [0, 0.05) is 18.8 Å². The Morgan fingerprint density at radius 1 is 1.17 bits per heavy atom. The maximum absolute atomic E-state index is 12.9. The molecule has 0 saturated carbocycles. The first-order chi connectivity index (χ1) is 14.6. The summed E-state index contributed by atoms with van der Waals surface area (Å²) in [6.45, 7) is 3.09. The van der Waals surface area contributed by atoms with E-state index in [0.717, 1.165) is 36.2 Å². The third-order valence-corrected chi connectivity index (χ3v) is 6.25. The van der Waals surface area contributed by atoms with Crippen LogP contribution in [0.4, 0.5) is 0 Å². The van der Waals surface area contributed by atoms with E-state index in [-0.39, 0.29) is 18.6 Å². The van der Waals surface area contributed by atoms with Crippen LogP contribution in [0.15, 0.2) is 54.0 Å². The lowest BCUT2D eigenvalue weighted by atomic mass is 10.0. The Balaban J connectivity index is 1.50. The minimum atomic E-state index is -0.518. The van der Waals surface area contributed by atoms with E-state index in [1.807, 2.05) is 59.7 Å². The highest BCUT2D eigenvalue weighted by Gasteiger charge is 2.26. The molecule has 1 amide bonds. The van der Waals surface area contributed by atoms with E-state index in [9.17, 15) is 9.59 Å². The molecular formula is C23H25N3O3S. The average molecular weight is 424 g/mol. The highest BCUT2D eigenvalue weighted by atomic mass is 32.1. The summed E-state index contributed by atoms with van der Waals surface area (Å²) >= 11 is 1.52. The third-order valence-electron chi connectivity index (χ3n) is 5.37. The van der Waals surface area contributed by atoms with E-state index in [4.69, 9.17) is 4.74 Å². The highest BCUT2D eigenvalue weighted by molar-refractivity contribution is 7.13. The van der Waals surface area contributed by atoms with Gasteiger partial charge in [0.05, 0.1) is 11.4 Å². The molecule has 2 aromatic heterocycles. The molecule has 1 atom stereocenters.